The van der Waals surface area contributed by atoms with Gasteiger partial charge in [0.1, 0.15) is 5.75 Å². The zero-order chi connectivity index (χ0) is 13.9. The molecule has 104 valence electrons. The Labute approximate surface area is 122 Å². The normalized spacial score (nSPS) is 20.6. The van der Waals surface area contributed by atoms with Crippen LogP contribution in [0.3, 0.4) is 0 Å². The van der Waals surface area contributed by atoms with Crippen molar-refractivity contribution in [3.8, 4) is 5.75 Å². The van der Waals surface area contributed by atoms with Crippen LogP contribution >= 0.6 is 11.8 Å². The van der Waals surface area contributed by atoms with Gasteiger partial charge < -0.3 is 9.64 Å². The predicted octanol–water partition coefficient (Wildman–Crippen LogP) is 2.76. The smallest absolute Gasteiger partial charge is 0.286 e. The first kappa shape index (κ1) is 13.2. The maximum atomic E-state index is 12.0. The minimum Gasteiger partial charge on any atom is -0.496 e. The van der Waals surface area contributed by atoms with Gasteiger partial charge in [-0.2, -0.15) is 4.99 Å². The van der Waals surface area contributed by atoms with E-state index >= 15 is 0 Å². The number of rotatable bonds is 2. The average molecular weight is 288 g/mol. The molecule has 4 nitrogen and oxygen atoms in total. The molecule has 0 aromatic heterocycles. The highest BCUT2D eigenvalue weighted by atomic mass is 32.2. The monoisotopic (exact) mass is 288 g/mol. The SMILES string of the molecule is COc1ccccc1C=C1SC(N2CCCC2)=NC1=O. The van der Waals surface area contributed by atoms with Gasteiger partial charge in [0.15, 0.2) is 5.17 Å². The second-order valence-electron chi connectivity index (χ2n) is 4.75. The van der Waals surface area contributed by atoms with Gasteiger partial charge >= 0.3 is 0 Å². The van der Waals surface area contributed by atoms with E-state index in [9.17, 15) is 4.79 Å². The number of ether oxygens (including phenoxy) is 1. The molecular weight excluding hydrogens is 272 g/mol. The number of hydrogen-bond donors (Lipinski definition) is 0. The third kappa shape index (κ3) is 2.58. The molecule has 0 atom stereocenters. The van der Waals surface area contributed by atoms with E-state index in [2.05, 4.69) is 9.89 Å². The number of methoxy groups -OCH3 is 1. The van der Waals surface area contributed by atoms with Crippen molar-refractivity contribution in [3.05, 3.63) is 34.7 Å². The van der Waals surface area contributed by atoms with Crippen LogP contribution in [-0.4, -0.2) is 36.2 Å². The van der Waals surface area contributed by atoms with Crippen molar-refractivity contribution < 1.29 is 9.53 Å². The van der Waals surface area contributed by atoms with E-state index in [-0.39, 0.29) is 5.91 Å². The molecule has 0 bridgehead atoms. The van der Waals surface area contributed by atoms with Crippen LogP contribution in [0.4, 0.5) is 0 Å². The fourth-order valence-corrected chi connectivity index (χ4v) is 3.32. The molecule has 5 heteroatoms. The van der Waals surface area contributed by atoms with Crippen molar-refractivity contribution in [1.82, 2.24) is 4.90 Å². The Balaban J connectivity index is 1.82. The number of thioether (sulfide) groups is 1. The van der Waals surface area contributed by atoms with E-state index in [0.717, 1.165) is 29.6 Å². The fourth-order valence-electron chi connectivity index (χ4n) is 2.37. The van der Waals surface area contributed by atoms with Crippen molar-refractivity contribution in [2.75, 3.05) is 20.2 Å². The molecule has 0 radical (unpaired) electrons. The number of amidine groups is 1. The van der Waals surface area contributed by atoms with E-state index in [1.807, 2.05) is 30.3 Å². The Hall–Kier alpha value is -1.75. The summed E-state index contributed by atoms with van der Waals surface area (Å²) in [5.74, 6) is 0.617. The lowest BCUT2D eigenvalue weighted by Crippen LogP contribution is -2.23. The first-order valence-corrected chi connectivity index (χ1v) is 7.50. The summed E-state index contributed by atoms with van der Waals surface area (Å²) >= 11 is 1.46. The summed E-state index contributed by atoms with van der Waals surface area (Å²) in [5, 5.41) is 0.841. The fraction of sp³-hybridized carbons (Fsp3) is 0.333. The van der Waals surface area contributed by atoms with Crippen molar-refractivity contribution >= 4 is 28.9 Å². The second kappa shape index (κ2) is 5.71. The molecular formula is C15H16N2O2S. The Morgan fingerprint density at radius 1 is 1.30 bits per heavy atom. The van der Waals surface area contributed by atoms with Gasteiger partial charge in [-0.1, -0.05) is 18.2 Å². The second-order valence-corrected chi connectivity index (χ2v) is 5.76. The number of likely N-dealkylation sites (tertiary alicyclic amines) is 1. The predicted molar refractivity (Wildman–Crippen MR) is 81.8 cm³/mol. The summed E-state index contributed by atoms with van der Waals surface area (Å²) < 4.78 is 5.30. The molecule has 0 spiro atoms. The highest BCUT2D eigenvalue weighted by molar-refractivity contribution is 8.18. The van der Waals surface area contributed by atoms with Crippen molar-refractivity contribution in [1.29, 1.82) is 0 Å². The van der Waals surface area contributed by atoms with Crippen molar-refractivity contribution in [2.45, 2.75) is 12.8 Å². The number of hydrogen-bond acceptors (Lipinski definition) is 4. The lowest BCUT2D eigenvalue weighted by atomic mass is 10.2. The topological polar surface area (TPSA) is 41.9 Å². The summed E-state index contributed by atoms with van der Waals surface area (Å²) in [6.07, 6.45) is 4.22. The Morgan fingerprint density at radius 3 is 2.80 bits per heavy atom. The van der Waals surface area contributed by atoms with Crippen molar-refractivity contribution in [2.24, 2.45) is 4.99 Å². The lowest BCUT2D eigenvalue weighted by Gasteiger charge is -2.14. The molecule has 1 saturated heterocycles. The van der Waals surface area contributed by atoms with E-state index in [1.54, 1.807) is 7.11 Å². The van der Waals surface area contributed by atoms with Crippen LogP contribution in [0, 0.1) is 0 Å². The molecule has 2 aliphatic rings. The molecule has 2 heterocycles. The standard InChI is InChI=1S/C15H16N2O2S/c1-19-12-7-3-2-6-11(12)10-13-14(18)16-15(20-13)17-8-4-5-9-17/h2-3,6-7,10H,4-5,8-9H2,1H3. The number of para-hydroxylation sites is 1. The third-order valence-electron chi connectivity index (χ3n) is 3.41. The maximum absolute atomic E-state index is 12.0. The zero-order valence-corrected chi connectivity index (χ0v) is 12.2. The summed E-state index contributed by atoms with van der Waals surface area (Å²) in [6, 6.07) is 7.67. The summed E-state index contributed by atoms with van der Waals surface area (Å²) in [5.41, 5.74) is 0.906. The zero-order valence-electron chi connectivity index (χ0n) is 11.3. The number of nitrogens with zero attached hydrogens (tertiary/aromatic N) is 2. The van der Waals surface area contributed by atoms with Gasteiger partial charge in [-0.3, -0.25) is 4.79 Å². The van der Waals surface area contributed by atoms with Gasteiger partial charge in [0, 0.05) is 18.7 Å². The minimum absolute atomic E-state index is 0.150. The summed E-state index contributed by atoms with van der Waals surface area (Å²) in [7, 11) is 1.63. The highest BCUT2D eigenvalue weighted by Gasteiger charge is 2.27. The largest absolute Gasteiger partial charge is 0.496 e. The quantitative estimate of drug-likeness (QED) is 0.785. The molecule has 0 saturated carbocycles. The third-order valence-corrected chi connectivity index (χ3v) is 4.46. The van der Waals surface area contributed by atoms with Crippen LogP contribution in [-0.2, 0) is 4.79 Å². The molecule has 20 heavy (non-hydrogen) atoms. The first-order chi connectivity index (χ1) is 9.78. The van der Waals surface area contributed by atoms with Crippen LogP contribution in [0.1, 0.15) is 18.4 Å². The number of amides is 1. The number of aliphatic imine (C=N–C) groups is 1. The van der Waals surface area contributed by atoms with Crippen LogP contribution in [0.15, 0.2) is 34.2 Å². The number of carbonyl (C=O) groups is 1. The Kier molecular flexibility index (Phi) is 3.78. The van der Waals surface area contributed by atoms with Gasteiger partial charge in [-0.15, -0.1) is 0 Å². The van der Waals surface area contributed by atoms with Gasteiger partial charge in [0.05, 0.1) is 12.0 Å². The Bertz CT molecular complexity index is 589. The molecule has 0 N–H and O–H groups in total. The molecule has 1 fully saturated rings. The Morgan fingerprint density at radius 2 is 2.05 bits per heavy atom. The van der Waals surface area contributed by atoms with Crippen LogP contribution in [0.25, 0.3) is 6.08 Å². The van der Waals surface area contributed by atoms with E-state index in [0.29, 0.717) is 4.91 Å². The first-order valence-electron chi connectivity index (χ1n) is 6.68. The van der Waals surface area contributed by atoms with Crippen LogP contribution < -0.4 is 4.74 Å². The van der Waals surface area contributed by atoms with E-state index < -0.39 is 0 Å². The molecule has 0 aliphatic carbocycles. The number of carbonyl (C=O) groups excluding carboxylic acids is 1. The van der Waals surface area contributed by atoms with Gasteiger partial charge in [-0.25, -0.2) is 0 Å². The van der Waals surface area contributed by atoms with Gasteiger partial charge in [0.2, 0.25) is 0 Å². The van der Waals surface area contributed by atoms with Crippen LogP contribution in [0.5, 0.6) is 5.75 Å². The van der Waals surface area contributed by atoms with Gasteiger partial charge in [-0.05, 0) is 36.7 Å². The molecule has 0 unspecified atom stereocenters. The average Bonchev–Trinajstić information content (AvgIpc) is 3.10. The molecule has 1 aromatic carbocycles. The minimum atomic E-state index is -0.150. The van der Waals surface area contributed by atoms with Crippen molar-refractivity contribution in [3.63, 3.8) is 0 Å². The number of benzene rings is 1. The summed E-state index contributed by atoms with van der Waals surface area (Å²) in [4.78, 5) is 19.0. The van der Waals surface area contributed by atoms with Crippen LogP contribution in [0.2, 0.25) is 0 Å². The van der Waals surface area contributed by atoms with E-state index in [1.165, 1.54) is 24.6 Å². The van der Waals surface area contributed by atoms with Gasteiger partial charge in [0.25, 0.3) is 5.91 Å². The maximum Gasteiger partial charge on any atom is 0.286 e. The lowest BCUT2D eigenvalue weighted by molar-refractivity contribution is -0.113. The molecule has 1 amide bonds. The molecule has 3 rings (SSSR count). The summed E-state index contributed by atoms with van der Waals surface area (Å²) in [6.45, 7) is 2.00. The molecule has 1 aromatic rings. The highest BCUT2D eigenvalue weighted by Crippen LogP contribution is 2.33. The molecule has 2 aliphatic heterocycles. The van der Waals surface area contributed by atoms with E-state index in [4.69, 9.17) is 4.74 Å².